The fraction of sp³-hybridized carbons (Fsp3) is 0.158. The van der Waals surface area contributed by atoms with Gasteiger partial charge >= 0.3 is 6.18 Å². The topological polar surface area (TPSA) is 75.9 Å². The highest BCUT2D eigenvalue weighted by molar-refractivity contribution is 5.90. The van der Waals surface area contributed by atoms with Crippen molar-refractivity contribution in [1.82, 2.24) is 25.2 Å². The molecule has 0 atom stereocenters. The number of halogens is 3. The number of hydrogen-bond acceptors (Lipinski definition) is 5. The Morgan fingerprint density at radius 1 is 1.21 bits per heavy atom. The predicted octanol–water partition coefficient (Wildman–Crippen LogP) is 3.31. The molecule has 0 bridgehead atoms. The maximum absolute atomic E-state index is 13.0. The number of nitrogens with zero attached hydrogens (tertiary/aromatic N) is 5. The van der Waals surface area contributed by atoms with Crippen molar-refractivity contribution in [2.75, 3.05) is 12.1 Å². The molecule has 150 valence electrons. The van der Waals surface area contributed by atoms with Crippen molar-refractivity contribution in [2.45, 2.75) is 13.1 Å². The molecule has 0 aliphatic heterocycles. The molecule has 10 heteroatoms. The minimum absolute atomic E-state index is 0.120. The summed E-state index contributed by atoms with van der Waals surface area (Å²) in [7, 11) is 1.64. The van der Waals surface area contributed by atoms with E-state index in [2.05, 4.69) is 20.5 Å². The zero-order valence-electron chi connectivity index (χ0n) is 15.6. The molecule has 1 N–H and O–H groups in total. The number of carbonyl (C=O) groups is 1. The molecule has 1 amide bonds. The lowest BCUT2D eigenvalue weighted by atomic mass is 10.1. The molecule has 7 nitrogen and oxygen atoms in total. The highest BCUT2D eigenvalue weighted by atomic mass is 19.4. The van der Waals surface area contributed by atoms with E-state index in [0.717, 1.165) is 12.1 Å². The van der Waals surface area contributed by atoms with Crippen LogP contribution in [0.15, 0.2) is 55.0 Å². The summed E-state index contributed by atoms with van der Waals surface area (Å²) < 4.78 is 40.2. The van der Waals surface area contributed by atoms with Crippen molar-refractivity contribution < 1.29 is 18.0 Å². The number of carbonyl (C=O) groups excluding carboxylic acids is 1. The Balaban J connectivity index is 1.70. The summed E-state index contributed by atoms with van der Waals surface area (Å²) in [4.78, 5) is 20.1. The normalized spacial score (nSPS) is 11.6. The summed E-state index contributed by atoms with van der Waals surface area (Å²) in [6.45, 7) is 1.57. The average molecular weight is 402 g/mol. The van der Waals surface area contributed by atoms with Crippen LogP contribution < -0.4 is 10.4 Å². The standard InChI is InChI=1S/C19H17F3N6O/c1-13-9-14(11-15(10-13)19(20,21)22)18-24-12-28(26-18)8-6-17(29)25-27(2)16-5-3-4-7-23-16/h3-12H,1-2H3,(H,25,29)/b8-6-. The number of nitrogens with one attached hydrogen (secondary N) is 1. The number of aryl methyl sites for hydroxylation is 1. The van der Waals surface area contributed by atoms with Gasteiger partial charge in [0.05, 0.1) is 5.56 Å². The molecule has 0 saturated carbocycles. The van der Waals surface area contributed by atoms with Crippen LogP contribution in [0.4, 0.5) is 19.0 Å². The zero-order valence-corrected chi connectivity index (χ0v) is 15.6. The lowest BCUT2D eigenvalue weighted by Crippen LogP contribution is -2.38. The zero-order chi connectivity index (χ0) is 21.0. The molecule has 2 aromatic heterocycles. The van der Waals surface area contributed by atoms with Gasteiger partial charge in [-0.05, 0) is 42.8 Å². The summed E-state index contributed by atoms with van der Waals surface area (Å²) >= 11 is 0. The lowest BCUT2D eigenvalue weighted by molar-refractivity contribution is -0.137. The Hall–Kier alpha value is -3.69. The van der Waals surface area contributed by atoms with Crippen molar-refractivity contribution in [3.8, 4) is 11.4 Å². The molecule has 3 aromatic rings. The van der Waals surface area contributed by atoms with E-state index < -0.39 is 17.6 Å². The van der Waals surface area contributed by atoms with E-state index in [4.69, 9.17) is 0 Å². The first-order valence-electron chi connectivity index (χ1n) is 8.46. The van der Waals surface area contributed by atoms with E-state index >= 15 is 0 Å². The average Bonchev–Trinajstić information content (AvgIpc) is 3.15. The minimum atomic E-state index is -4.46. The summed E-state index contributed by atoms with van der Waals surface area (Å²) in [5.41, 5.74) is 2.51. The van der Waals surface area contributed by atoms with Crippen molar-refractivity contribution in [3.63, 3.8) is 0 Å². The smallest absolute Gasteiger partial charge is 0.271 e. The van der Waals surface area contributed by atoms with Crippen LogP contribution in [0.5, 0.6) is 0 Å². The number of benzene rings is 1. The first-order chi connectivity index (χ1) is 13.7. The van der Waals surface area contributed by atoms with E-state index in [-0.39, 0.29) is 11.4 Å². The van der Waals surface area contributed by atoms with Gasteiger partial charge in [-0.25, -0.2) is 14.6 Å². The van der Waals surface area contributed by atoms with E-state index in [1.54, 1.807) is 44.4 Å². The fourth-order valence-electron chi connectivity index (χ4n) is 2.51. The van der Waals surface area contributed by atoms with Gasteiger partial charge in [-0.1, -0.05) is 6.07 Å². The van der Waals surface area contributed by atoms with Gasteiger partial charge in [0, 0.05) is 31.1 Å². The maximum atomic E-state index is 13.0. The van der Waals surface area contributed by atoms with Crippen molar-refractivity contribution in [1.29, 1.82) is 0 Å². The second-order valence-corrected chi connectivity index (χ2v) is 6.17. The van der Waals surface area contributed by atoms with Gasteiger partial charge in [0.15, 0.2) is 5.82 Å². The lowest BCUT2D eigenvalue weighted by Gasteiger charge is -2.17. The number of rotatable bonds is 5. The van der Waals surface area contributed by atoms with Crippen LogP contribution in [0, 0.1) is 6.92 Å². The van der Waals surface area contributed by atoms with Crippen LogP contribution in [0.1, 0.15) is 11.1 Å². The Morgan fingerprint density at radius 2 is 2.00 bits per heavy atom. The third-order valence-electron chi connectivity index (χ3n) is 3.82. The molecule has 0 spiro atoms. The Kier molecular flexibility index (Phi) is 5.62. The quantitative estimate of drug-likeness (QED) is 0.524. The van der Waals surface area contributed by atoms with Crippen LogP contribution >= 0.6 is 0 Å². The number of aromatic nitrogens is 4. The van der Waals surface area contributed by atoms with Gasteiger partial charge in [0.1, 0.15) is 12.1 Å². The maximum Gasteiger partial charge on any atom is 0.416 e. The second kappa shape index (κ2) is 8.13. The van der Waals surface area contributed by atoms with Gasteiger partial charge in [-0.15, -0.1) is 5.10 Å². The molecule has 0 fully saturated rings. The van der Waals surface area contributed by atoms with Crippen LogP contribution in [0.3, 0.4) is 0 Å². The van der Waals surface area contributed by atoms with E-state index in [0.29, 0.717) is 11.4 Å². The van der Waals surface area contributed by atoms with Crippen molar-refractivity contribution in [2.24, 2.45) is 0 Å². The molecule has 3 rings (SSSR count). The number of hydrogen-bond donors (Lipinski definition) is 1. The van der Waals surface area contributed by atoms with Crippen molar-refractivity contribution >= 4 is 17.9 Å². The highest BCUT2D eigenvalue weighted by Gasteiger charge is 2.31. The summed E-state index contributed by atoms with van der Waals surface area (Å²) in [6, 6.07) is 8.88. The largest absolute Gasteiger partial charge is 0.416 e. The molecule has 0 radical (unpaired) electrons. The monoisotopic (exact) mass is 402 g/mol. The SMILES string of the molecule is Cc1cc(-c2ncn(/C=C\C(=O)NN(C)c3ccccn3)n2)cc(C(F)(F)F)c1. The first-order valence-corrected chi connectivity index (χ1v) is 8.46. The number of anilines is 1. The predicted molar refractivity (Wildman–Crippen MR) is 101 cm³/mol. The van der Waals surface area contributed by atoms with Gasteiger partial charge in [0.25, 0.3) is 5.91 Å². The molecule has 0 aliphatic carbocycles. The molecule has 0 saturated heterocycles. The summed E-state index contributed by atoms with van der Waals surface area (Å²) in [6.07, 6.45) is 1.01. The van der Waals surface area contributed by atoms with Gasteiger partial charge in [-0.2, -0.15) is 13.2 Å². The minimum Gasteiger partial charge on any atom is -0.271 e. The third-order valence-corrected chi connectivity index (χ3v) is 3.82. The van der Waals surface area contributed by atoms with Crippen LogP contribution in [-0.4, -0.2) is 32.7 Å². The number of amides is 1. The van der Waals surface area contributed by atoms with Gasteiger partial charge in [-0.3, -0.25) is 15.2 Å². The third kappa shape index (κ3) is 5.18. The molecular weight excluding hydrogens is 385 g/mol. The van der Waals surface area contributed by atoms with Crippen LogP contribution in [0.2, 0.25) is 0 Å². The molecule has 2 heterocycles. The Morgan fingerprint density at radius 3 is 2.69 bits per heavy atom. The van der Waals surface area contributed by atoms with E-state index in [1.807, 2.05) is 0 Å². The van der Waals surface area contributed by atoms with Gasteiger partial charge in [0.2, 0.25) is 0 Å². The number of pyridine rings is 1. The number of hydrazine groups is 1. The molecule has 29 heavy (non-hydrogen) atoms. The first kappa shape index (κ1) is 20.1. The molecule has 0 unspecified atom stereocenters. The van der Waals surface area contributed by atoms with E-state index in [9.17, 15) is 18.0 Å². The fourth-order valence-corrected chi connectivity index (χ4v) is 2.51. The molecule has 0 aliphatic rings. The van der Waals surface area contributed by atoms with Crippen molar-refractivity contribution in [3.05, 3.63) is 66.1 Å². The highest BCUT2D eigenvalue weighted by Crippen LogP contribution is 2.32. The van der Waals surface area contributed by atoms with Crippen LogP contribution in [-0.2, 0) is 11.0 Å². The summed E-state index contributed by atoms with van der Waals surface area (Å²) in [5, 5.41) is 5.55. The Bertz CT molecular complexity index is 1030. The van der Waals surface area contributed by atoms with Crippen LogP contribution in [0.25, 0.3) is 17.6 Å². The van der Waals surface area contributed by atoms with Gasteiger partial charge < -0.3 is 0 Å². The number of alkyl halides is 3. The second-order valence-electron chi connectivity index (χ2n) is 6.17. The summed E-state index contributed by atoms with van der Waals surface area (Å²) in [5.74, 6) is 0.234. The molecule has 1 aromatic carbocycles. The van der Waals surface area contributed by atoms with E-state index in [1.165, 1.54) is 28.3 Å². The molecular formula is C19H17F3N6O. The Labute approximate surface area is 164 Å².